The first-order valence-corrected chi connectivity index (χ1v) is 4.78. The number of aliphatic hydroxyl groups excluding tert-OH is 1. The van der Waals surface area contributed by atoms with E-state index in [4.69, 9.17) is 9.47 Å². The minimum Gasteiger partial charge on any atom is -0.368 e. The summed E-state index contributed by atoms with van der Waals surface area (Å²) in [6.45, 7) is 2.79. The number of hydrogen-bond donors (Lipinski definition) is 1. The van der Waals surface area contributed by atoms with Gasteiger partial charge in [-0.1, -0.05) is 13.3 Å². The third-order valence-corrected chi connectivity index (χ3v) is 1.98. The molecule has 3 nitrogen and oxygen atoms in total. The van der Waals surface area contributed by atoms with E-state index in [0.29, 0.717) is 6.42 Å². The molecule has 0 bridgehead atoms. The highest BCUT2D eigenvalue weighted by Crippen LogP contribution is 2.15. The highest BCUT2D eigenvalue weighted by molar-refractivity contribution is 4.54. The van der Waals surface area contributed by atoms with Gasteiger partial charge in [0.15, 0.2) is 12.6 Å². The second-order valence-corrected chi connectivity index (χ2v) is 3.18. The molecule has 1 N–H and O–H groups in total. The lowest BCUT2D eigenvalue weighted by Crippen LogP contribution is -2.27. The molecule has 0 radical (unpaired) electrons. The van der Waals surface area contributed by atoms with Gasteiger partial charge >= 0.3 is 0 Å². The summed E-state index contributed by atoms with van der Waals surface area (Å²) in [6, 6.07) is 0. The van der Waals surface area contributed by atoms with Crippen LogP contribution < -0.4 is 0 Å². The van der Waals surface area contributed by atoms with Gasteiger partial charge in [0.05, 0.1) is 0 Å². The molecular weight excluding hydrogens is 156 g/mol. The molecule has 1 heterocycles. The van der Waals surface area contributed by atoms with Gasteiger partial charge in [-0.3, -0.25) is 0 Å². The molecule has 0 aromatic heterocycles. The average Bonchev–Trinajstić information content (AvgIpc) is 2.06. The molecular formula is C9H18O3. The Kier molecular flexibility index (Phi) is 4.58. The summed E-state index contributed by atoms with van der Waals surface area (Å²) in [7, 11) is 0. The molecule has 12 heavy (non-hydrogen) atoms. The molecule has 1 rings (SSSR count). The van der Waals surface area contributed by atoms with Crippen molar-refractivity contribution in [2.24, 2.45) is 0 Å². The van der Waals surface area contributed by atoms with Crippen LogP contribution in [0.5, 0.6) is 0 Å². The Balaban J connectivity index is 2.11. The van der Waals surface area contributed by atoms with Gasteiger partial charge in [0.2, 0.25) is 0 Å². The molecule has 0 aliphatic carbocycles. The van der Waals surface area contributed by atoms with Crippen molar-refractivity contribution in [3.05, 3.63) is 0 Å². The van der Waals surface area contributed by atoms with Crippen LogP contribution in [0.15, 0.2) is 0 Å². The van der Waals surface area contributed by atoms with Crippen LogP contribution in [0.2, 0.25) is 0 Å². The fourth-order valence-electron chi connectivity index (χ4n) is 1.31. The molecule has 0 amide bonds. The van der Waals surface area contributed by atoms with Crippen molar-refractivity contribution in [3.63, 3.8) is 0 Å². The quantitative estimate of drug-likeness (QED) is 0.658. The van der Waals surface area contributed by atoms with E-state index in [1.165, 1.54) is 0 Å². The molecule has 2 unspecified atom stereocenters. The van der Waals surface area contributed by atoms with E-state index in [-0.39, 0.29) is 6.29 Å². The molecule has 1 fully saturated rings. The number of aliphatic hydroxyl groups is 1. The first-order valence-electron chi connectivity index (χ1n) is 4.78. The van der Waals surface area contributed by atoms with E-state index in [1.54, 1.807) is 0 Å². The summed E-state index contributed by atoms with van der Waals surface area (Å²) >= 11 is 0. The van der Waals surface area contributed by atoms with Crippen molar-refractivity contribution < 1.29 is 14.6 Å². The van der Waals surface area contributed by atoms with E-state index < -0.39 is 6.29 Å². The Morgan fingerprint density at radius 1 is 1.58 bits per heavy atom. The van der Waals surface area contributed by atoms with E-state index in [2.05, 4.69) is 0 Å². The molecule has 0 spiro atoms. The number of rotatable bonds is 4. The number of hydrogen-bond acceptors (Lipinski definition) is 3. The summed E-state index contributed by atoms with van der Waals surface area (Å²) in [5.74, 6) is 0. The zero-order valence-corrected chi connectivity index (χ0v) is 7.66. The van der Waals surface area contributed by atoms with Crippen molar-refractivity contribution in [1.29, 1.82) is 0 Å². The molecule has 72 valence electrons. The zero-order valence-electron chi connectivity index (χ0n) is 7.66. The van der Waals surface area contributed by atoms with Crippen molar-refractivity contribution >= 4 is 0 Å². The van der Waals surface area contributed by atoms with Crippen molar-refractivity contribution in [2.45, 2.75) is 51.6 Å². The second-order valence-electron chi connectivity index (χ2n) is 3.18. The van der Waals surface area contributed by atoms with Gasteiger partial charge in [0.25, 0.3) is 0 Å². The summed E-state index contributed by atoms with van der Waals surface area (Å²) in [5.41, 5.74) is 0. The lowest BCUT2D eigenvalue weighted by Gasteiger charge is -2.25. The Bertz CT molecular complexity index is 110. The average molecular weight is 174 g/mol. The van der Waals surface area contributed by atoms with Gasteiger partial charge in [0.1, 0.15) is 0 Å². The van der Waals surface area contributed by atoms with Crippen LogP contribution in [-0.4, -0.2) is 24.3 Å². The van der Waals surface area contributed by atoms with Gasteiger partial charge < -0.3 is 14.6 Å². The Morgan fingerprint density at radius 2 is 2.42 bits per heavy atom. The molecule has 0 aromatic rings. The fourth-order valence-corrected chi connectivity index (χ4v) is 1.31. The molecule has 2 atom stereocenters. The Labute approximate surface area is 73.7 Å². The largest absolute Gasteiger partial charge is 0.368 e. The lowest BCUT2D eigenvalue weighted by molar-refractivity contribution is -0.241. The summed E-state index contributed by atoms with van der Waals surface area (Å²) in [5, 5.41) is 9.30. The second kappa shape index (κ2) is 5.51. The van der Waals surface area contributed by atoms with Crippen LogP contribution in [0, 0.1) is 0 Å². The topological polar surface area (TPSA) is 38.7 Å². The summed E-state index contributed by atoms with van der Waals surface area (Å²) in [6.07, 6.45) is 4.00. The van der Waals surface area contributed by atoms with Crippen LogP contribution in [0.1, 0.15) is 39.0 Å². The maximum atomic E-state index is 9.30. The van der Waals surface area contributed by atoms with E-state index in [1.807, 2.05) is 6.92 Å². The first kappa shape index (κ1) is 9.96. The van der Waals surface area contributed by atoms with Crippen LogP contribution in [0.3, 0.4) is 0 Å². The Morgan fingerprint density at radius 3 is 3.00 bits per heavy atom. The zero-order chi connectivity index (χ0) is 8.81. The van der Waals surface area contributed by atoms with Gasteiger partial charge in [-0.25, -0.2) is 0 Å². The monoisotopic (exact) mass is 174 g/mol. The van der Waals surface area contributed by atoms with E-state index in [0.717, 1.165) is 32.3 Å². The van der Waals surface area contributed by atoms with Crippen LogP contribution in [0.4, 0.5) is 0 Å². The summed E-state index contributed by atoms with van der Waals surface area (Å²) in [4.78, 5) is 0. The third-order valence-electron chi connectivity index (χ3n) is 1.98. The highest BCUT2D eigenvalue weighted by atomic mass is 16.7. The summed E-state index contributed by atoms with van der Waals surface area (Å²) < 4.78 is 10.6. The smallest absolute Gasteiger partial charge is 0.160 e. The van der Waals surface area contributed by atoms with Crippen LogP contribution >= 0.6 is 0 Å². The molecule has 1 aliphatic heterocycles. The predicted octanol–water partition coefficient (Wildman–Crippen LogP) is 1.65. The Hall–Kier alpha value is -0.120. The van der Waals surface area contributed by atoms with E-state index in [9.17, 15) is 5.11 Å². The number of ether oxygens (including phenoxy) is 2. The van der Waals surface area contributed by atoms with Crippen molar-refractivity contribution in [3.8, 4) is 0 Å². The lowest BCUT2D eigenvalue weighted by atomic mass is 10.2. The normalized spacial score (nSPS) is 27.0. The first-order chi connectivity index (χ1) is 5.83. The predicted molar refractivity (Wildman–Crippen MR) is 45.6 cm³/mol. The third kappa shape index (κ3) is 3.52. The molecule has 0 saturated carbocycles. The molecule has 1 aliphatic rings. The SMILES string of the molecule is CCCC(O)OC1CCCCO1. The molecule has 3 heteroatoms. The van der Waals surface area contributed by atoms with Gasteiger partial charge in [0, 0.05) is 6.61 Å². The van der Waals surface area contributed by atoms with Crippen molar-refractivity contribution in [1.82, 2.24) is 0 Å². The van der Waals surface area contributed by atoms with Crippen molar-refractivity contribution in [2.75, 3.05) is 6.61 Å². The minimum absolute atomic E-state index is 0.166. The highest BCUT2D eigenvalue weighted by Gasteiger charge is 2.17. The minimum atomic E-state index is -0.641. The molecule has 0 aromatic carbocycles. The molecule has 1 saturated heterocycles. The maximum absolute atomic E-state index is 9.30. The maximum Gasteiger partial charge on any atom is 0.160 e. The van der Waals surface area contributed by atoms with Crippen LogP contribution in [0.25, 0.3) is 0 Å². The standard InChI is InChI=1S/C9H18O3/c1-2-5-8(10)12-9-6-3-4-7-11-9/h8-10H,2-7H2,1H3. The van der Waals surface area contributed by atoms with E-state index >= 15 is 0 Å². The van der Waals surface area contributed by atoms with Gasteiger partial charge in [-0.05, 0) is 25.7 Å². The van der Waals surface area contributed by atoms with Gasteiger partial charge in [-0.2, -0.15) is 0 Å². The fraction of sp³-hybridized carbons (Fsp3) is 1.00. The van der Waals surface area contributed by atoms with Crippen LogP contribution in [-0.2, 0) is 9.47 Å². The van der Waals surface area contributed by atoms with Gasteiger partial charge in [-0.15, -0.1) is 0 Å².